The molecule has 132 valence electrons. The second kappa shape index (κ2) is 14.0. The summed E-state index contributed by atoms with van der Waals surface area (Å²) in [6, 6.07) is 0. The number of esters is 2. The summed E-state index contributed by atoms with van der Waals surface area (Å²) in [5, 5.41) is 0. The molecule has 0 aliphatic rings. The lowest BCUT2D eigenvalue weighted by Gasteiger charge is -2.06. The summed E-state index contributed by atoms with van der Waals surface area (Å²) in [5.74, 6) is -0.634. The lowest BCUT2D eigenvalue weighted by molar-refractivity contribution is -0.140. The molecular weight excluding hydrogens is 292 g/mol. The molecule has 0 aliphatic heterocycles. The van der Waals surface area contributed by atoms with E-state index in [1.807, 2.05) is 13.8 Å². The number of allylic oxidation sites excluding steroid dienone is 2. The van der Waals surface area contributed by atoms with Crippen molar-refractivity contribution >= 4 is 11.9 Å². The van der Waals surface area contributed by atoms with Crippen molar-refractivity contribution < 1.29 is 19.1 Å². The van der Waals surface area contributed by atoms with Crippen LogP contribution in [-0.4, -0.2) is 25.2 Å². The molecule has 0 spiro atoms. The van der Waals surface area contributed by atoms with Gasteiger partial charge in [-0.15, -0.1) is 0 Å². The maximum absolute atomic E-state index is 12.0. The maximum atomic E-state index is 12.0. The van der Waals surface area contributed by atoms with Crippen molar-refractivity contribution in [1.29, 1.82) is 0 Å². The summed E-state index contributed by atoms with van der Waals surface area (Å²) in [7, 11) is 0. The van der Waals surface area contributed by atoms with Gasteiger partial charge < -0.3 is 9.47 Å². The van der Waals surface area contributed by atoms with Crippen molar-refractivity contribution in [2.24, 2.45) is 0 Å². The van der Waals surface area contributed by atoms with Crippen molar-refractivity contribution in [3.63, 3.8) is 0 Å². The van der Waals surface area contributed by atoms with Crippen LogP contribution in [0.3, 0.4) is 0 Å². The first kappa shape index (κ1) is 21.4. The molecule has 0 atom stereocenters. The minimum absolute atomic E-state index is 0.299. The Morgan fingerprint density at radius 2 is 1.39 bits per heavy atom. The fraction of sp³-hybridized carbons (Fsp3) is 0.684. The Morgan fingerprint density at radius 3 is 2.00 bits per heavy atom. The second-order valence-electron chi connectivity index (χ2n) is 5.58. The molecule has 4 nitrogen and oxygen atoms in total. The molecule has 0 saturated carbocycles. The van der Waals surface area contributed by atoms with Crippen molar-refractivity contribution in [3.05, 3.63) is 23.3 Å². The van der Waals surface area contributed by atoms with Gasteiger partial charge in [0.15, 0.2) is 0 Å². The fourth-order valence-corrected chi connectivity index (χ4v) is 1.83. The van der Waals surface area contributed by atoms with Gasteiger partial charge in [0.1, 0.15) is 0 Å². The Hall–Kier alpha value is -1.58. The van der Waals surface area contributed by atoms with E-state index in [1.165, 1.54) is 0 Å². The van der Waals surface area contributed by atoms with Gasteiger partial charge in [-0.1, -0.05) is 58.6 Å². The monoisotopic (exact) mass is 324 g/mol. The minimum atomic E-state index is -0.335. The molecule has 0 amide bonds. The van der Waals surface area contributed by atoms with Gasteiger partial charge in [0.25, 0.3) is 0 Å². The summed E-state index contributed by atoms with van der Waals surface area (Å²) >= 11 is 0. The third kappa shape index (κ3) is 10.7. The predicted molar refractivity (Wildman–Crippen MR) is 93.1 cm³/mol. The van der Waals surface area contributed by atoms with Crippen molar-refractivity contribution in [1.82, 2.24) is 0 Å². The summed E-state index contributed by atoms with van der Waals surface area (Å²) < 4.78 is 10.4. The molecule has 0 aromatic rings. The first-order valence-corrected chi connectivity index (χ1v) is 8.78. The number of hydrogen-bond donors (Lipinski definition) is 0. The topological polar surface area (TPSA) is 52.6 Å². The predicted octanol–water partition coefficient (Wildman–Crippen LogP) is 4.74. The van der Waals surface area contributed by atoms with Crippen LogP contribution >= 0.6 is 0 Å². The molecule has 0 fully saturated rings. The molecule has 0 heterocycles. The van der Waals surface area contributed by atoms with E-state index in [0.717, 1.165) is 38.5 Å². The van der Waals surface area contributed by atoms with Crippen LogP contribution in [0.15, 0.2) is 23.3 Å². The van der Waals surface area contributed by atoms with Gasteiger partial charge in [-0.25, -0.2) is 9.59 Å². The van der Waals surface area contributed by atoms with Gasteiger partial charge in [0.05, 0.1) is 13.2 Å². The summed E-state index contributed by atoms with van der Waals surface area (Å²) in [5.41, 5.74) is 1.06. The van der Waals surface area contributed by atoms with E-state index in [9.17, 15) is 9.59 Å². The fourth-order valence-electron chi connectivity index (χ4n) is 1.83. The highest BCUT2D eigenvalue weighted by atomic mass is 16.5. The van der Waals surface area contributed by atoms with E-state index in [0.29, 0.717) is 30.8 Å². The van der Waals surface area contributed by atoms with Crippen LogP contribution < -0.4 is 0 Å². The number of unbranched alkanes of at least 4 members (excludes halogenated alkanes) is 4. The van der Waals surface area contributed by atoms with E-state index in [2.05, 4.69) is 6.92 Å². The molecule has 0 rings (SSSR count). The number of ether oxygens (including phenoxy) is 2. The number of hydrogen-bond acceptors (Lipinski definition) is 4. The minimum Gasteiger partial charge on any atom is -0.462 e. The summed E-state index contributed by atoms with van der Waals surface area (Å²) in [6.45, 7) is 8.66. The van der Waals surface area contributed by atoms with Gasteiger partial charge in [-0.05, 0) is 26.2 Å². The van der Waals surface area contributed by atoms with Crippen molar-refractivity contribution in [2.75, 3.05) is 13.2 Å². The maximum Gasteiger partial charge on any atom is 0.333 e. The zero-order valence-electron chi connectivity index (χ0n) is 15.2. The second-order valence-corrected chi connectivity index (χ2v) is 5.58. The molecule has 0 saturated heterocycles. The average Bonchev–Trinajstić information content (AvgIpc) is 2.55. The highest BCUT2D eigenvalue weighted by molar-refractivity contribution is 5.90. The highest BCUT2D eigenvalue weighted by Gasteiger charge is 2.09. The van der Waals surface area contributed by atoms with Crippen LogP contribution in [0.4, 0.5) is 0 Å². The molecule has 0 aromatic carbocycles. The lowest BCUT2D eigenvalue weighted by atomic mass is 10.1. The molecule has 0 aliphatic carbocycles. The van der Waals surface area contributed by atoms with Crippen LogP contribution in [0.2, 0.25) is 0 Å². The van der Waals surface area contributed by atoms with Gasteiger partial charge in [-0.2, -0.15) is 0 Å². The first-order chi connectivity index (χ1) is 11.1. The number of carbonyl (C=O) groups is 2. The third-order valence-corrected chi connectivity index (χ3v) is 3.46. The third-order valence-electron chi connectivity index (χ3n) is 3.46. The summed E-state index contributed by atoms with van der Waals surface area (Å²) in [4.78, 5) is 23.7. The molecule has 0 N–H and O–H groups in total. The molecule has 0 bridgehead atoms. The first-order valence-electron chi connectivity index (χ1n) is 8.78. The quantitative estimate of drug-likeness (QED) is 0.225. The van der Waals surface area contributed by atoms with Crippen LogP contribution in [0.25, 0.3) is 0 Å². The molecule has 0 aromatic heterocycles. The van der Waals surface area contributed by atoms with E-state index in [4.69, 9.17) is 9.47 Å². The smallest absolute Gasteiger partial charge is 0.333 e. The lowest BCUT2D eigenvalue weighted by Crippen LogP contribution is -2.09. The number of rotatable bonds is 12. The normalized spacial score (nSPS) is 12.2. The Balaban J connectivity index is 4.39. The average molecular weight is 324 g/mol. The van der Waals surface area contributed by atoms with Crippen LogP contribution in [0, 0.1) is 0 Å². The zero-order valence-corrected chi connectivity index (χ0v) is 15.2. The van der Waals surface area contributed by atoms with Crippen LogP contribution in [-0.2, 0) is 19.1 Å². The SMILES string of the molecule is CCCCCCOC(=O)/C(=C/C=C(\C)C(=O)OCCCC)CC. The van der Waals surface area contributed by atoms with Crippen LogP contribution in [0.5, 0.6) is 0 Å². The van der Waals surface area contributed by atoms with Crippen molar-refractivity contribution in [3.8, 4) is 0 Å². The molecule has 0 unspecified atom stereocenters. The van der Waals surface area contributed by atoms with E-state index < -0.39 is 0 Å². The molecule has 0 radical (unpaired) electrons. The zero-order chi connectivity index (χ0) is 17.5. The Bertz CT molecular complexity index is 408. The van der Waals surface area contributed by atoms with Crippen molar-refractivity contribution in [2.45, 2.75) is 72.6 Å². The van der Waals surface area contributed by atoms with Crippen LogP contribution in [0.1, 0.15) is 72.6 Å². The number of carbonyl (C=O) groups excluding carboxylic acids is 2. The van der Waals surface area contributed by atoms with Gasteiger partial charge >= 0.3 is 11.9 Å². The molecule has 23 heavy (non-hydrogen) atoms. The van der Waals surface area contributed by atoms with E-state index >= 15 is 0 Å². The Kier molecular flexibility index (Phi) is 13.1. The Morgan fingerprint density at radius 1 is 0.783 bits per heavy atom. The van der Waals surface area contributed by atoms with Gasteiger partial charge in [-0.3, -0.25) is 0 Å². The van der Waals surface area contributed by atoms with E-state index in [-0.39, 0.29) is 11.9 Å². The highest BCUT2D eigenvalue weighted by Crippen LogP contribution is 2.08. The molecular formula is C19H32O4. The van der Waals surface area contributed by atoms with Gasteiger partial charge in [0.2, 0.25) is 0 Å². The van der Waals surface area contributed by atoms with Gasteiger partial charge in [0, 0.05) is 11.1 Å². The summed E-state index contributed by atoms with van der Waals surface area (Å²) in [6.07, 6.45) is 10.0. The Labute approximate surface area is 140 Å². The largest absolute Gasteiger partial charge is 0.462 e. The van der Waals surface area contributed by atoms with E-state index in [1.54, 1.807) is 19.1 Å². The standard InChI is InChI=1S/C19H32O4/c1-5-8-10-11-15-23-19(21)17(7-3)13-12-16(4)18(20)22-14-9-6-2/h12-13H,5-11,14-15H2,1-4H3/b16-12+,17-13+. The molecule has 4 heteroatoms.